The van der Waals surface area contributed by atoms with Gasteiger partial charge in [0.15, 0.2) is 5.78 Å². The molecule has 0 aliphatic carbocycles. The van der Waals surface area contributed by atoms with E-state index in [1.165, 1.54) is 17.6 Å². The molecule has 2 rings (SSSR count). The van der Waals surface area contributed by atoms with Gasteiger partial charge in [0.25, 0.3) is 5.56 Å². The molecule has 6 heteroatoms. The van der Waals surface area contributed by atoms with E-state index in [4.69, 9.17) is 4.74 Å². The molecule has 0 N–H and O–H groups in total. The van der Waals surface area contributed by atoms with Crippen LogP contribution < -0.4 is 5.56 Å². The van der Waals surface area contributed by atoms with Crippen LogP contribution in [0.15, 0.2) is 39.6 Å². The lowest BCUT2D eigenvalue weighted by atomic mass is 10.1. The van der Waals surface area contributed by atoms with Gasteiger partial charge in [0.2, 0.25) is 0 Å². The van der Waals surface area contributed by atoms with Gasteiger partial charge in [-0.2, -0.15) is 0 Å². The molecule has 0 unspecified atom stereocenters. The van der Waals surface area contributed by atoms with Crippen LogP contribution in [0.4, 0.5) is 0 Å². The van der Waals surface area contributed by atoms with Crippen LogP contribution in [0.5, 0.6) is 0 Å². The van der Waals surface area contributed by atoms with E-state index < -0.39 is 11.5 Å². The molecule has 1 aromatic carbocycles. The average Bonchev–Trinajstić information content (AvgIpc) is 2.47. The Bertz CT molecular complexity index is 839. The molecular weight excluding hydrogens is 362 g/mol. The second-order valence-electron chi connectivity index (χ2n) is 4.95. The topological polar surface area (TPSA) is 65.4 Å². The summed E-state index contributed by atoms with van der Waals surface area (Å²) in [5, 5.41) is 0. The van der Waals surface area contributed by atoms with Crippen LogP contribution >= 0.6 is 15.9 Å². The maximum Gasteiger partial charge on any atom is 0.343 e. The summed E-state index contributed by atoms with van der Waals surface area (Å²) in [7, 11) is 0. The van der Waals surface area contributed by atoms with Crippen molar-refractivity contribution in [3.63, 3.8) is 0 Å². The van der Waals surface area contributed by atoms with E-state index in [-0.39, 0.29) is 18.0 Å². The number of halogens is 1. The Hall–Kier alpha value is -2.21. The normalized spacial score (nSPS) is 10.4. The summed E-state index contributed by atoms with van der Waals surface area (Å²) in [6.45, 7) is 4.88. The Balaban J connectivity index is 2.82. The first kappa shape index (κ1) is 17.1. The summed E-state index contributed by atoms with van der Waals surface area (Å²) in [5.74, 6) is -0.958. The fraction of sp³-hybridized carbons (Fsp3) is 0.235. The smallest absolute Gasteiger partial charge is 0.343 e. The fourth-order valence-electron chi connectivity index (χ4n) is 2.34. The van der Waals surface area contributed by atoms with Gasteiger partial charge < -0.3 is 4.74 Å². The molecule has 0 aliphatic heterocycles. The number of hydrogen-bond acceptors (Lipinski definition) is 4. The van der Waals surface area contributed by atoms with E-state index in [9.17, 15) is 14.4 Å². The maximum atomic E-state index is 12.7. The van der Waals surface area contributed by atoms with Gasteiger partial charge in [-0.05, 0) is 45.0 Å². The summed E-state index contributed by atoms with van der Waals surface area (Å²) < 4.78 is 7.06. The molecule has 0 bridgehead atoms. The van der Waals surface area contributed by atoms with Gasteiger partial charge in [-0.3, -0.25) is 14.2 Å². The van der Waals surface area contributed by atoms with Crippen LogP contribution in [0.3, 0.4) is 0 Å². The number of esters is 1. The minimum absolute atomic E-state index is 0.150. The second kappa shape index (κ2) is 6.91. The molecule has 120 valence electrons. The Morgan fingerprint density at radius 2 is 1.91 bits per heavy atom. The van der Waals surface area contributed by atoms with Gasteiger partial charge in [0.1, 0.15) is 5.56 Å². The monoisotopic (exact) mass is 377 g/mol. The largest absolute Gasteiger partial charge is 0.462 e. The molecule has 23 heavy (non-hydrogen) atoms. The van der Waals surface area contributed by atoms with Crippen molar-refractivity contribution in [2.45, 2.75) is 20.8 Å². The number of ketones is 1. The molecule has 2 aromatic rings. The van der Waals surface area contributed by atoms with Crippen LogP contribution in [0.2, 0.25) is 0 Å². The summed E-state index contributed by atoms with van der Waals surface area (Å²) in [6, 6.07) is 8.39. The van der Waals surface area contributed by atoms with Crippen LogP contribution in [-0.4, -0.2) is 22.9 Å². The van der Waals surface area contributed by atoms with Crippen molar-refractivity contribution < 1.29 is 14.3 Å². The number of nitrogens with zero attached hydrogens (tertiary/aromatic N) is 1. The summed E-state index contributed by atoms with van der Waals surface area (Å²) >= 11 is 3.35. The lowest BCUT2D eigenvalue weighted by molar-refractivity contribution is 0.0524. The van der Waals surface area contributed by atoms with Gasteiger partial charge in [-0.25, -0.2) is 4.79 Å². The van der Waals surface area contributed by atoms with E-state index in [1.807, 2.05) is 6.07 Å². The van der Waals surface area contributed by atoms with E-state index in [0.717, 1.165) is 4.47 Å². The lowest BCUT2D eigenvalue weighted by Gasteiger charge is -2.15. The molecule has 0 saturated heterocycles. The minimum Gasteiger partial charge on any atom is -0.462 e. The third kappa shape index (κ3) is 3.42. The van der Waals surface area contributed by atoms with Crippen molar-refractivity contribution in [2.24, 2.45) is 0 Å². The quantitative estimate of drug-likeness (QED) is 0.605. The molecule has 0 saturated carbocycles. The van der Waals surface area contributed by atoms with Crippen LogP contribution in [0.1, 0.15) is 40.3 Å². The predicted molar refractivity (Wildman–Crippen MR) is 90.4 cm³/mol. The van der Waals surface area contributed by atoms with Crippen molar-refractivity contribution in [1.29, 1.82) is 0 Å². The van der Waals surface area contributed by atoms with E-state index in [2.05, 4.69) is 15.9 Å². The van der Waals surface area contributed by atoms with Crippen molar-refractivity contribution in [3.8, 4) is 5.69 Å². The number of aromatic nitrogens is 1. The van der Waals surface area contributed by atoms with E-state index in [1.54, 1.807) is 32.0 Å². The third-order valence-electron chi connectivity index (χ3n) is 3.39. The highest BCUT2D eigenvalue weighted by atomic mass is 79.9. The molecule has 1 heterocycles. The van der Waals surface area contributed by atoms with Crippen molar-refractivity contribution in [1.82, 2.24) is 4.57 Å². The number of ether oxygens (including phenoxy) is 1. The maximum absolute atomic E-state index is 12.7. The predicted octanol–water partition coefficient (Wildman–Crippen LogP) is 3.29. The van der Waals surface area contributed by atoms with E-state index in [0.29, 0.717) is 16.9 Å². The first-order valence-electron chi connectivity index (χ1n) is 7.07. The number of carbonyl (C=O) groups excluding carboxylic acids is 2. The standard InChI is InChI=1S/C17H16BrNO4/c1-4-23-17(22)15-9-14(11(3)20)10(2)19(16(15)21)13-7-5-6-12(18)8-13/h5-9H,4H2,1-3H3. The lowest BCUT2D eigenvalue weighted by Crippen LogP contribution is -2.29. The molecule has 0 radical (unpaired) electrons. The number of pyridine rings is 1. The zero-order valence-electron chi connectivity index (χ0n) is 13.1. The van der Waals surface area contributed by atoms with Gasteiger partial charge in [-0.15, -0.1) is 0 Å². The Morgan fingerprint density at radius 3 is 2.48 bits per heavy atom. The molecule has 5 nitrogen and oxygen atoms in total. The zero-order chi connectivity index (χ0) is 17.1. The molecule has 0 fully saturated rings. The van der Waals surface area contributed by atoms with E-state index >= 15 is 0 Å². The number of benzene rings is 1. The van der Waals surface area contributed by atoms with Crippen LogP contribution in [-0.2, 0) is 4.74 Å². The number of hydrogen-bond donors (Lipinski definition) is 0. The highest BCUT2D eigenvalue weighted by molar-refractivity contribution is 9.10. The molecule has 0 amide bonds. The first-order chi connectivity index (χ1) is 10.9. The van der Waals surface area contributed by atoms with Gasteiger partial charge in [-0.1, -0.05) is 22.0 Å². The average molecular weight is 378 g/mol. The number of rotatable bonds is 4. The van der Waals surface area contributed by atoms with Gasteiger partial charge >= 0.3 is 5.97 Å². The number of carbonyl (C=O) groups is 2. The molecule has 0 aliphatic rings. The SMILES string of the molecule is CCOC(=O)c1cc(C(C)=O)c(C)n(-c2cccc(Br)c2)c1=O. The minimum atomic E-state index is -0.733. The highest BCUT2D eigenvalue weighted by Crippen LogP contribution is 2.18. The highest BCUT2D eigenvalue weighted by Gasteiger charge is 2.21. The van der Waals surface area contributed by atoms with Crippen LogP contribution in [0.25, 0.3) is 5.69 Å². The van der Waals surface area contributed by atoms with Crippen molar-refractivity contribution >= 4 is 27.7 Å². The molecule has 1 aromatic heterocycles. The zero-order valence-corrected chi connectivity index (χ0v) is 14.6. The molecule has 0 spiro atoms. The Kier molecular flexibility index (Phi) is 5.15. The third-order valence-corrected chi connectivity index (χ3v) is 3.88. The van der Waals surface area contributed by atoms with Gasteiger partial charge in [0.05, 0.1) is 12.3 Å². The Morgan fingerprint density at radius 1 is 1.22 bits per heavy atom. The first-order valence-corrected chi connectivity index (χ1v) is 7.86. The summed E-state index contributed by atoms with van der Waals surface area (Å²) in [6.07, 6.45) is 0. The van der Waals surface area contributed by atoms with Crippen molar-refractivity contribution in [3.05, 3.63) is 62.0 Å². The molecular formula is C17H16BrNO4. The Labute approximate surface area is 142 Å². The molecule has 0 atom stereocenters. The summed E-state index contributed by atoms with van der Waals surface area (Å²) in [4.78, 5) is 36.7. The number of Topliss-reactive ketones (excluding diaryl/α,β-unsaturated/α-hetero) is 1. The van der Waals surface area contributed by atoms with Crippen LogP contribution in [0, 0.1) is 6.92 Å². The summed E-state index contributed by atoms with van der Waals surface area (Å²) in [5.41, 5.74) is 0.698. The second-order valence-corrected chi connectivity index (χ2v) is 5.87. The van der Waals surface area contributed by atoms with Gasteiger partial charge in [0, 0.05) is 15.7 Å². The fourth-order valence-corrected chi connectivity index (χ4v) is 2.73. The van der Waals surface area contributed by atoms with Crippen molar-refractivity contribution in [2.75, 3.05) is 6.61 Å².